The summed E-state index contributed by atoms with van der Waals surface area (Å²) in [5.41, 5.74) is 6.13. The Bertz CT molecular complexity index is 808. The van der Waals surface area contributed by atoms with Crippen molar-refractivity contribution in [3.05, 3.63) is 76.1 Å². The molecule has 0 aliphatic rings. The number of nitrogens with zero attached hydrogens (tertiary/aromatic N) is 2. The van der Waals surface area contributed by atoms with Gasteiger partial charge in [-0.05, 0) is 23.8 Å². The van der Waals surface area contributed by atoms with Crippen LogP contribution in [0.4, 0.5) is 5.13 Å². The summed E-state index contributed by atoms with van der Waals surface area (Å²) >= 11 is 4.96. The van der Waals surface area contributed by atoms with E-state index in [9.17, 15) is 0 Å². The SMILES string of the molecule is Brc1ccc(-c2csc(N/N=C/C=C/c3ccccc3)n2)cc1. The van der Waals surface area contributed by atoms with Gasteiger partial charge in [-0.25, -0.2) is 4.98 Å². The van der Waals surface area contributed by atoms with Crippen molar-refractivity contribution in [2.75, 3.05) is 5.43 Å². The molecule has 0 unspecified atom stereocenters. The predicted octanol–water partition coefficient (Wildman–Crippen LogP) is 5.68. The van der Waals surface area contributed by atoms with Crippen molar-refractivity contribution in [1.82, 2.24) is 4.98 Å². The van der Waals surface area contributed by atoms with E-state index >= 15 is 0 Å². The molecule has 0 amide bonds. The Kier molecular flexibility index (Phi) is 5.34. The van der Waals surface area contributed by atoms with Crippen molar-refractivity contribution in [2.45, 2.75) is 0 Å². The molecule has 0 fully saturated rings. The molecule has 2 aromatic carbocycles. The number of rotatable bonds is 5. The van der Waals surface area contributed by atoms with Gasteiger partial charge in [-0.15, -0.1) is 11.3 Å². The first-order valence-corrected chi connectivity index (χ1v) is 8.71. The fourth-order valence-corrected chi connectivity index (χ4v) is 2.86. The van der Waals surface area contributed by atoms with Crippen molar-refractivity contribution in [1.29, 1.82) is 0 Å². The molecule has 114 valence electrons. The first-order valence-electron chi connectivity index (χ1n) is 7.03. The van der Waals surface area contributed by atoms with Crippen LogP contribution in [0.25, 0.3) is 17.3 Å². The van der Waals surface area contributed by atoms with Crippen LogP contribution in [-0.4, -0.2) is 11.2 Å². The number of anilines is 1. The van der Waals surface area contributed by atoms with E-state index in [1.165, 1.54) is 11.3 Å². The number of hydrogen-bond acceptors (Lipinski definition) is 4. The van der Waals surface area contributed by atoms with Crippen LogP contribution in [-0.2, 0) is 0 Å². The lowest BCUT2D eigenvalue weighted by Gasteiger charge is -1.96. The summed E-state index contributed by atoms with van der Waals surface area (Å²) in [6.07, 6.45) is 5.61. The molecule has 0 radical (unpaired) electrons. The van der Waals surface area contributed by atoms with Gasteiger partial charge in [0.1, 0.15) is 0 Å². The summed E-state index contributed by atoms with van der Waals surface area (Å²) in [7, 11) is 0. The van der Waals surface area contributed by atoms with E-state index < -0.39 is 0 Å². The second-order valence-corrected chi connectivity index (χ2v) is 6.48. The molecule has 0 bridgehead atoms. The average molecular weight is 384 g/mol. The molecule has 0 atom stereocenters. The summed E-state index contributed by atoms with van der Waals surface area (Å²) in [5.74, 6) is 0. The molecular formula is C18H14BrN3S. The Morgan fingerprint density at radius 1 is 1.04 bits per heavy atom. The van der Waals surface area contributed by atoms with Crippen molar-refractivity contribution < 1.29 is 0 Å². The van der Waals surface area contributed by atoms with E-state index in [0.717, 1.165) is 26.4 Å². The lowest BCUT2D eigenvalue weighted by molar-refractivity contribution is 1.29. The van der Waals surface area contributed by atoms with Crippen LogP contribution in [0, 0.1) is 0 Å². The zero-order chi connectivity index (χ0) is 15.9. The third-order valence-corrected chi connectivity index (χ3v) is 4.33. The Labute approximate surface area is 147 Å². The van der Waals surface area contributed by atoms with Crippen molar-refractivity contribution in [3.63, 3.8) is 0 Å². The summed E-state index contributed by atoms with van der Waals surface area (Å²) in [6.45, 7) is 0. The van der Waals surface area contributed by atoms with Gasteiger partial charge in [-0.2, -0.15) is 5.10 Å². The molecule has 3 nitrogen and oxygen atoms in total. The average Bonchev–Trinajstić information content (AvgIpc) is 3.05. The molecule has 5 heteroatoms. The van der Waals surface area contributed by atoms with Crippen molar-refractivity contribution in [2.24, 2.45) is 5.10 Å². The van der Waals surface area contributed by atoms with Gasteiger partial charge in [0.15, 0.2) is 0 Å². The highest BCUT2D eigenvalue weighted by Gasteiger charge is 2.03. The smallest absolute Gasteiger partial charge is 0.203 e. The van der Waals surface area contributed by atoms with Gasteiger partial charge in [0.05, 0.1) is 5.69 Å². The van der Waals surface area contributed by atoms with Crippen LogP contribution >= 0.6 is 27.3 Å². The van der Waals surface area contributed by atoms with Gasteiger partial charge in [-0.3, -0.25) is 5.43 Å². The van der Waals surface area contributed by atoms with E-state index in [0.29, 0.717) is 0 Å². The number of aromatic nitrogens is 1. The lowest BCUT2D eigenvalue weighted by atomic mass is 10.2. The van der Waals surface area contributed by atoms with Crippen LogP contribution in [0.3, 0.4) is 0 Å². The Morgan fingerprint density at radius 2 is 1.83 bits per heavy atom. The number of allylic oxidation sites excluding steroid dienone is 1. The molecule has 1 N–H and O–H groups in total. The second-order valence-electron chi connectivity index (χ2n) is 4.70. The molecule has 3 rings (SSSR count). The molecule has 3 aromatic rings. The fraction of sp³-hybridized carbons (Fsp3) is 0. The fourth-order valence-electron chi connectivity index (χ4n) is 1.93. The number of thiazole rings is 1. The third kappa shape index (κ3) is 4.61. The van der Waals surface area contributed by atoms with Crippen LogP contribution in [0.1, 0.15) is 5.56 Å². The Balaban J connectivity index is 1.58. The number of benzene rings is 2. The number of hydrogen-bond donors (Lipinski definition) is 1. The number of nitrogens with one attached hydrogen (secondary N) is 1. The zero-order valence-corrected chi connectivity index (χ0v) is 14.6. The third-order valence-electron chi connectivity index (χ3n) is 3.05. The monoisotopic (exact) mass is 383 g/mol. The zero-order valence-electron chi connectivity index (χ0n) is 12.2. The highest BCUT2D eigenvalue weighted by atomic mass is 79.9. The maximum atomic E-state index is 4.52. The van der Waals surface area contributed by atoms with Crippen molar-refractivity contribution >= 4 is 44.7 Å². The summed E-state index contributed by atoms with van der Waals surface area (Å²) in [4.78, 5) is 4.52. The van der Waals surface area contributed by atoms with E-state index in [-0.39, 0.29) is 0 Å². The molecule has 0 aliphatic carbocycles. The van der Waals surface area contributed by atoms with E-state index in [2.05, 4.69) is 31.4 Å². The topological polar surface area (TPSA) is 37.3 Å². The van der Waals surface area contributed by atoms with Crippen molar-refractivity contribution in [3.8, 4) is 11.3 Å². The van der Waals surface area contributed by atoms with Gasteiger partial charge in [0, 0.05) is 21.6 Å². The van der Waals surface area contributed by atoms with E-state index in [4.69, 9.17) is 0 Å². The van der Waals surface area contributed by atoms with Crippen LogP contribution in [0.15, 0.2) is 75.6 Å². The lowest BCUT2D eigenvalue weighted by Crippen LogP contribution is -1.87. The van der Waals surface area contributed by atoms with Gasteiger partial charge in [0.2, 0.25) is 5.13 Å². The van der Waals surface area contributed by atoms with Gasteiger partial charge >= 0.3 is 0 Å². The maximum absolute atomic E-state index is 4.52. The molecule has 0 spiro atoms. The molecule has 0 saturated heterocycles. The van der Waals surface area contributed by atoms with Crippen LogP contribution < -0.4 is 5.43 Å². The standard InChI is InChI=1S/C18H14BrN3S/c19-16-10-8-15(9-11-16)17-13-23-18(21-17)22-20-12-4-7-14-5-2-1-3-6-14/h1-13H,(H,21,22)/b7-4+,20-12+. The highest BCUT2D eigenvalue weighted by molar-refractivity contribution is 9.10. The Morgan fingerprint density at radius 3 is 2.61 bits per heavy atom. The highest BCUT2D eigenvalue weighted by Crippen LogP contribution is 2.25. The molecule has 23 heavy (non-hydrogen) atoms. The first-order chi connectivity index (χ1) is 11.3. The Hall–Kier alpha value is -2.24. The predicted molar refractivity (Wildman–Crippen MR) is 103 cm³/mol. The largest absolute Gasteiger partial charge is 0.253 e. The first kappa shape index (κ1) is 15.6. The maximum Gasteiger partial charge on any atom is 0.203 e. The van der Waals surface area contributed by atoms with Gasteiger partial charge in [-0.1, -0.05) is 64.5 Å². The normalized spacial score (nSPS) is 11.3. The summed E-state index contributed by atoms with van der Waals surface area (Å²) < 4.78 is 1.06. The molecule has 1 heterocycles. The second kappa shape index (κ2) is 7.85. The quantitative estimate of drug-likeness (QED) is 0.454. The number of hydrazone groups is 1. The van der Waals surface area contributed by atoms with E-state index in [1.807, 2.05) is 72.1 Å². The van der Waals surface area contributed by atoms with Gasteiger partial charge < -0.3 is 0 Å². The van der Waals surface area contributed by atoms with E-state index in [1.54, 1.807) is 6.21 Å². The van der Waals surface area contributed by atoms with Crippen LogP contribution in [0.5, 0.6) is 0 Å². The van der Waals surface area contributed by atoms with Crippen LogP contribution in [0.2, 0.25) is 0 Å². The molecule has 0 aliphatic heterocycles. The number of halogens is 1. The molecular weight excluding hydrogens is 370 g/mol. The molecule has 1 aromatic heterocycles. The minimum atomic E-state index is 0.771. The summed E-state index contributed by atoms with van der Waals surface area (Å²) in [5, 5.41) is 6.94. The minimum absolute atomic E-state index is 0.771. The molecule has 0 saturated carbocycles. The summed E-state index contributed by atoms with van der Waals surface area (Å²) in [6, 6.07) is 18.2. The van der Waals surface area contributed by atoms with Gasteiger partial charge in [0.25, 0.3) is 0 Å². The minimum Gasteiger partial charge on any atom is -0.253 e.